The highest BCUT2D eigenvalue weighted by Gasteiger charge is 2.32. The van der Waals surface area contributed by atoms with Crippen molar-refractivity contribution in [1.29, 1.82) is 0 Å². The minimum Gasteiger partial charge on any atom is -0.383 e. The Balaban J connectivity index is 1.54. The van der Waals surface area contributed by atoms with Crippen molar-refractivity contribution in [3.05, 3.63) is 28.8 Å². The lowest BCUT2D eigenvalue weighted by Gasteiger charge is -2.33. The Labute approximate surface area is 185 Å². The van der Waals surface area contributed by atoms with E-state index in [1.165, 1.54) is 11.3 Å². The Morgan fingerprint density at radius 3 is 2.94 bits per heavy atom. The number of carbonyl (C=O) groups excluding carboxylic acids is 2. The molecule has 1 N–H and O–H groups in total. The molecule has 1 atom stereocenters. The average molecular weight is 449 g/mol. The zero-order valence-corrected chi connectivity index (χ0v) is 18.5. The lowest BCUT2D eigenvalue weighted by Crippen LogP contribution is -2.45. The van der Waals surface area contributed by atoms with E-state index in [4.69, 9.17) is 14.2 Å². The molecule has 9 nitrogen and oxygen atoms in total. The molecule has 0 spiro atoms. The highest BCUT2D eigenvalue weighted by Crippen LogP contribution is 2.38. The van der Waals surface area contributed by atoms with Gasteiger partial charge >= 0.3 is 0 Å². The van der Waals surface area contributed by atoms with Crippen LogP contribution in [0.3, 0.4) is 0 Å². The van der Waals surface area contributed by atoms with Crippen molar-refractivity contribution < 1.29 is 23.8 Å². The van der Waals surface area contributed by atoms with Crippen LogP contribution < -0.4 is 5.32 Å². The number of thiophene rings is 1. The van der Waals surface area contributed by atoms with Gasteiger partial charge in [-0.15, -0.1) is 11.3 Å². The number of rotatable bonds is 7. The molecule has 0 saturated carbocycles. The number of hydrogen-bond acceptors (Lipinski definition) is 8. The molecule has 0 aliphatic carbocycles. The molecule has 31 heavy (non-hydrogen) atoms. The quantitative estimate of drug-likeness (QED) is 0.629. The van der Waals surface area contributed by atoms with Crippen molar-refractivity contribution in [3.8, 4) is 0 Å². The molecule has 0 unspecified atom stereocenters. The zero-order chi connectivity index (χ0) is 21.6. The van der Waals surface area contributed by atoms with E-state index in [1.807, 2.05) is 17.0 Å². The van der Waals surface area contributed by atoms with Gasteiger partial charge in [-0.1, -0.05) is 6.07 Å². The number of pyridine rings is 1. The highest BCUT2D eigenvalue weighted by atomic mass is 32.1. The van der Waals surface area contributed by atoms with Gasteiger partial charge in [0.25, 0.3) is 5.91 Å². The number of morpholine rings is 2. The van der Waals surface area contributed by atoms with Crippen LogP contribution in [0.15, 0.2) is 18.3 Å². The molecule has 2 aromatic rings. The molecule has 0 radical (unpaired) electrons. The van der Waals surface area contributed by atoms with Gasteiger partial charge in [-0.05, 0) is 6.07 Å². The summed E-state index contributed by atoms with van der Waals surface area (Å²) in [7, 11) is 1.61. The summed E-state index contributed by atoms with van der Waals surface area (Å²) in [5, 5.41) is 3.80. The van der Waals surface area contributed by atoms with Gasteiger partial charge in [0.1, 0.15) is 9.71 Å². The largest absolute Gasteiger partial charge is 0.383 e. The highest BCUT2D eigenvalue weighted by molar-refractivity contribution is 7.20. The van der Waals surface area contributed by atoms with Crippen LogP contribution in [0, 0.1) is 0 Å². The van der Waals surface area contributed by atoms with Gasteiger partial charge in [0.2, 0.25) is 5.91 Å². The molecule has 168 valence electrons. The van der Waals surface area contributed by atoms with E-state index in [1.54, 1.807) is 13.3 Å². The van der Waals surface area contributed by atoms with Crippen molar-refractivity contribution in [1.82, 2.24) is 20.1 Å². The lowest BCUT2D eigenvalue weighted by molar-refractivity contribution is -0.124. The van der Waals surface area contributed by atoms with E-state index in [9.17, 15) is 9.59 Å². The maximum atomic E-state index is 13.3. The third kappa shape index (κ3) is 5.21. The van der Waals surface area contributed by atoms with Gasteiger partial charge in [0, 0.05) is 57.0 Å². The first-order valence-corrected chi connectivity index (χ1v) is 11.3. The Hall–Kier alpha value is -2.11. The van der Waals surface area contributed by atoms with Crippen LogP contribution >= 0.6 is 11.3 Å². The molecule has 0 aromatic carbocycles. The van der Waals surface area contributed by atoms with Crippen molar-refractivity contribution >= 4 is 33.4 Å². The SMILES string of the molecule is COCCNC(=O)CN1CCO[C@H](c2c(C(=O)N3CCOCC3)sc3ncccc23)C1. The number of hydrogen-bond donors (Lipinski definition) is 1. The third-order valence-corrected chi connectivity index (χ3v) is 6.58. The second-order valence-corrected chi connectivity index (χ2v) is 8.54. The molecule has 4 rings (SSSR count). The number of aromatic nitrogens is 1. The minimum atomic E-state index is -0.293. The normalized spacial score (nSPS) is 20.2. The van der Waals surface area contributed by atoms with E-state index in [0.29, 0.717) is 64.0 Å². The zero-order valence-electron chi connectivity index (χ0n) is 17.7. The molecule has 2 amide bonds. The standard InChI is InChI=1S/C21H28N4O5S/c1-28-9-5-22-17(26)14-24-6-12-30-16(13-24)18-15-3-2-4-23-20(15)31-19(18)21(27)25-7-10-29-11-8-25/h2-4,16H,5-14H2,1H3,(H,22,26)/t16-/m0/s1. The van der Waals surface area contributed by atoms with E-state index >= 15 is 0 Å². The maximum Gasteiger partial charge on any atom is 0.264 e. The molecule has 2 fully saturated rings. The van der Waals surface area contributed by atoms with Crippen LogP contribution in [-0.2, 0) is 19.0 Å². The van der Waals surface area contributed by atoms with Gasteiger partial charge < -0.3 is 24.4 Å². The Morgan fingerprint density at radius 1 is 1.29 bits per heavy atom. The number of nitrogens with zero attached hydrogens (tertiary/aromatic N) is 3. The summed E-state index contributed by atoms with van der Waals surface area (Å²) in [6.07, 6.45) is 1.45. The van der Waals surface area contributed by atoms with E-state index in [0.717, 1.165) is 15.8 Å². The first-order valence-electron chi connectivity index (χ1n) is 10.5. The molecule has 2 aromatic heterocycles. The smallest absolute Gasteiger partial charge is 0.264 e. The summed E-state index contributed by atoms with van der Waals surface area (Å²) >= 11 is 1.41. The van der Waals surface area contributed by atoms with Gasteiger partial charge in [0.05, 0.1) is 39.1 Å². The van der Waals surface area contributed by atoms with Gasteiger partial charge in [-0.3, -0.25) is 14.5 Å². The van der Waals surface area contributed by atoms with Crippen LogP contribution in [0.25, 0.3) is 10.2 Å². The fourth-order valence-electron chi connectivity index (χ4n) is 3.91. The minimum absolute atomic E-state index is 0.000618. The molecule has 0 bridgehead atoms. The second-order valence-electron chi connectivity index (χ2n) is 7.54. The Morgan fingerprint density at radius 2 is 2.13 bits per heavy atom. The lowest BCUT2D eigenvalue weighted by atomic mass is 10.0. The maximum absolute atomic E-state index is 13.3. The molecule has 4 heterocycles. The number of amides is 2. The van der Waals surface area contributed by atoms with Crippen molar-refractivity contribution in [2.75, 3.05) is 72.8 Å². The molecule has 2 saturated heterocycles. The predicted octanol–water partition coefficient (Wildman–Crippen LogP) is 0.905. The summed E-state index contributed by atoms with van der Waals surface area (Å²) in [6, 6.07) is 3.87. The Bertz CT molecular complexity index is 914. The number of ether oxygens (including phenoxy) is 3. The summed E-state index contributed by atoms with van der Waals surface area (Å²) in [5.41, 5.74) is 0.883. The number of carbonyl (C=O) groups is 2. The van der Waals surface area contributed by atoms with E-state index in [-0.39, 0.29) is 24.5 Å². The number of fused-ring (bicyclic) bond motifs is 1. The summed E-state index contributed by atoms with van der Waals surface area (Å²) in [4.78, 5) is 35.5. The monoisotopic (exact) mass is 448 g/mol. The molecular formula is C21H28N4O5S. The van der Waals surface area contributed by atoms with Crippen LogP contribution in [0.5, 0.6) is 0 Å². The summed E-state index contributed by atoms with van der Waals surface area (Å²) in [6.45, 7) is 5.24. The first kappa shape index (κ1) is 22.1. The van der Waals surface area contributed by atoms with E-state index < -0.39 is 0 Å². The van der Waals surface area contributed by atoms with Crippen molar-refractivity contribution in [2.24, 2.45) is 0 Å². The van der Waals surface area contributed by atoms with Crippen LogP contribution in [0.1, 0.15) is 21.3 Å². The fourth-order valence-corrected chi connectivity index (χ4v) is 5.07. The fraction of sp³-hybridized carbons (Fsp3) is 0.571. The van der Waals surface area contributed by atoms with E-state index in [2.05, 4.69) is 15.2 Å². The van der Waals surface area contributed by atoms with Gasteiger partial charge in [-0.2, -0.15) is 0 Å². The first-order chi connectivity index (χ1) is 15.2. The van der Waals surface area contributed by atoms with Crippen molar-refractivity contribution in [2.45, 2.75) is 6.10 Å². The average Bonchev–Trinajstić information content (AvgIpc) is 3.19. The molecule has 2 aliphatic rings. The molecule has 10 heteroatoms. The van der Waals surface area contributed by atoms with Crippen LogP contribution in [-0.4, -0.2) is 99.4 Å². The predicted molar refractivity (Wildman–Crippen MR) is 116 cm³/mol. The van der Waals surface area contributed by atoms with Gasteiger partial charge in [0.15, 0.2) is 0 Å². The van der Waals surface area contributed by atoms with Crippen molar-refractivity contribution in [3.63, 3.8) is 0 Å². The van der Waals surface area contributed by atoms with Gasteiger partial charge in [-0.25, -0.2) is 4.98 Å². The summed E-state index contributed by atoms with van der Waals surface area (Å²) in [5.74, 6) is -0.0431. The third-order valence-electron chi connectivity index (χ3n) is 5.47. The van der Waals surface area contributed by atoms with Crippen LogP contribution in [0.4, 0.5) is 0 Å². The number of methoxy groups -OCH3 is 1. The molecule has 2 aliphatic heterocycles. The Kier molecular flexibility index (Phi) is 7.46. The second kappa shape index (κ2) is 10.5. The van der Waals surface area contributed by atoms with Crippen LogP contribution in [0.2, 0.25) is 0 Å². The summed E-state index contributed by atoms with van der Waals surface area (Å²) < 4.78 is 16.5. The number of nitrogens with one attached hydrogen (secondary N) is 1. The molecular weight excluding hydrogens is 420 g/mol. The topological polar surface area (TPSA) is 93.2 Å².